The summed E-state index contributed by atoms with van der Waals surface area (Å²) in [5.74, 6) is -3.48. The van der Waals surface area contributed by atoms with E-state index in [4.69, 9.17) is 28.4 Å². The molecule has 0 amide bonds. The van der Waals surface area contributed by atoms with Gasteiger partial charge in [-0.25, -0.2) is 4.79 Å². The third-order valence-corrected chi connectivity index (χ3v) is 5.10. The number of methoxy groups -OCH3 is 1. The smallest absolute Gasteiger partial charge is 0.333 e. The molecule has 0 radical (unpaired) electrons. The molecule has 1 aromatic rings. The maximum Gasteiger partial charge on any atom is 0.333 e. The number of carbonyl (C=O) groups is 5. The highest BCUT2D eigenvalue weighted by Gasteiger charge is 2.52. The Hall–Kier alpha value is -3.73. The zero-order valence-corrected chi connectivity index (χ0v) is 20.8. The molecule has 196 valence electrons. The van der Waals surface area contributed by atoms with E-state index in [0.29, 0.717) is 5.56 Å². The molecule has 1 aliphatic heterocycles. The lowest BCUT2D eigenvalue weighted by molar-refractivity contribution is -0.252. The van der Waals surface area contributed by atoms with Gasteiger partial charge < -0.3 is 28.4 Å². The first kappa shape index (κ1) is 28.5. The Morgan fingerprint density at radius 3 is 1.81 bits per heavy atom. The number of hydrogen-bond donors (Lipinski definition) is 0. The molecular weight excluding hydrogens is 476 g/mol. The average Bonchev–Trinajstić information content (AvgIpc) is 2.80. The average molecular weight is 507 g/mol. The molecule has 1 aromatic carbocycles. The second kappa shape index (κ2) is 13.4. The van der Waals surface area contributed by atoms with Crippen molar-refractivity contribution in [2.24, 2.45) is 0 Å². The van der Waals surface area contributed by atoms with Crippen molar-refractivity contribution in [3.05, 3.63) is 41.5 Å². The zero-order valence-electron chi connectivity index (χ0n) is 20.8. The van der Waals surface area contributed by atoms with Crippen molar-refractivity contribution in [3.63, 3.8) is 0 Å². The summed E-state index contributed by atoms with van der Waals surface area (Å²) in [5.41, 5.74) is 0.869. The summed E-state index contributed by atoms with van der Waals surface area (Å²) >= 11 is 0. The molecule has 2 rings (SSSR count). The molecule has 1 heterocycles. The quantitative estimate of drug-likeness (QED) is 0.275. The van der Waals surface area contributed by atoms with E-state index in [1.165, 1.54) is 14.0 Å². The van der Waals surface area contributed by atoms with Crippen LogP contribution in [0.15, 0.2) is 35.9 Å². The van der Waals surface area contributed by atoms with Gasteiger partial charge in [-0.3, -0.25) is 19.2 Å². The number of benzene rings is 1. The van der Waals surface area contributed by atoms with Crippen LogP contribution in [0.4, 0.5) is 0 Å². The van der Waals surface area contributed by atoms with Gasteiger partial charge in [0, 0.05) is 39.7 Å². The number of carbonyl (C=O) groups excluding carboxylic acids is 5. The first-order valence-electron chi connectivity index (χ1n) is 11.2. The molecule has 0 N–H and O–H groups in total. The first-order chi connectivity index (χ1) is 17.0. The molecule has 0 bridgehead atoms. The number of ether oxygens (including phenoxy) is 6. The molecule has 1 fully saturated rings. The van der Waals surface area contributed by atoms with Gasteiger partial charge in [-0.2, -0.15) is 0 Å². The molecule has 0 saturated carbocycles. The fourth-order valence-electron chi connectivity index (χ4n) is 3.78. The van der Waals surface area contributed by atoms with Crippen LogP contribution in [0.25, 0.3) is 6.08 Å². The normalized spacial score (nSPS) is 23.7. The van der Waals surface area contributed by atoms with E-state index in [9.17, 15) is 24.0 Å². The Bertz CT molecular complexity index is 985. The highest BCUT2D eigenvalue weighted by atomic mass is 16.7. The van der Waals surface area contributed by atoms with Crippen LogP contribution in [0.1, 0.15) is 39.7 Å². The molecule has 36 heavy (non-hydrogen) atoms. The van der Waals surface area contributed by atoms with E-state index < -0.39 is 60.4 Å². The highest BCUT2D eigenvalue weighted by molar-refractivity contribution is 5.93. The van der Waals surface area contributed by atoms with Crippen LogP contribution in [0.3, 0.4) is 0 Å². The van der Waals surface area contributed by atoms with Gasteiger partial charge in [-0.15, -0.1) is 0 Å². The van der Waals surface area contributed by atoms with E-state index >= 15 is 0 Å². The molecule has 0 spiro atoms. The Labute approximate surface area is 208 Å². The van der Waals surface area contributed by atoms with Crippen molar-refractivity contribution in [2.75, 3.05) is 13.7 Å². The van der Waals surface area contributed by atoms with E-state index in [2.05, 4.69) is 0 Å². The van der Waals surface area contributed by atoms with Crippen molar-refractivity contribution in [1.29, 1.82) is 0 Å². The maximum absolute atomic E-state index is 12.6. The van der Waals surface area contributed by atoms with E-state index in [1.807, 2.05) is 6.07 Å². The fourth-order valence-corrected chi connectivity index (χ4v) is 3.78. The van der Waals surface area contributed by atoms with Crippen LogP contribution >= 0.6 is 0 Å². The first-order valence-corrected chi connectivity index (χ1v) is 11.2. The predicted molar refractivity (Wildman–Crippen MR) is 123 cm³/mol. The summed E-state index contributed by atoms with van der Waals surface area (Å²) < 4.78 is 32.3. The summed E-state index contributed by atoms with van der Waals surface area (Å²) in [6.45, 7) is 4.25. The number of hydrogen-bond acceptors (Lipinski definition) is 11. The molecule has 11 heteroatoms. The second-order valence-electron chi connectivity index (χ2n) is 8.01. The molecule has 0 unspecified atom stereocenters. The van der Waals surface area contributed by atoms with Gasteiger partial charge in [0.25, 0.3) is 0 Å². The summed E-state index contributed by atoms with van der Waals surface area (Å²) in [5, 5.41) is 0. The van der Waals surface area contributed by atoms with Gasteiger partial charge >= 0.3 is 29.8 Å². The lowest BCUT2D eigenvalue weighted by Gasteiger charge is -2.44. The van der Waals surface area contributed by atoms with Crippen LogP contribution in [-0.2, 0) is 52.4 Å². The minimum atomic E-state index is -1.31. The van der Waals surface area contributed by atoms with Crippen molar-refractivity contribution in [1.82, 2.24) is 0 Å². The summed E-state index contributed by atoms with van der Waals surface area (Å²) in [6.07, 6.45) is -4.58. The number of rotatable bonds is 9. The van der Waals surface area contributed by atoms with Gasteiger partial charge in [-0.05, 0) is 11.6 Å². The van der Waals surface area contributed by atoms with Gasteiger partial charge in [0.2, 0.25) is 0 Å². The van der Waals surface area contributed by atoms with Gasteiger partial charge in [0.1, 0.15) is 18.8 Å². The Kier molecular flexibility index (Phi) is 10.6. The minimum absolute atomic E-state index is 0.138. The Morgan fingerprint density at radius 2 is 1.31 bits per heavy atom. The molecule has 0 aliphatic carbocycles. The third kappa shape index (κ3) is 8.49. The SMILES string of the molecule is COC(=O)/C(=C/c1ccccc1)C[C@H]1O[C@H](COC(C)=O)[C@H](OC(C)=O)[C@H](OC(C)=O)[C@H]1OC(C)=O. The van der Waals surface area contributed by atoms with Crippen LogP contribution in [0.2, 0.25) is 0 Å². The van der Waals surface area contributed by atoms with Crippen molar-refractivity contribution in [2.45, 2.75) is 64.6 Å². The molecular formula is C25H30O11. The predicted octanol–water partition coefficient (Wildman–Crippen LogP) is 1.76. The lowest BCUT2D eigenvalue weighted by Crippen LogP contribution is -2.62. The summed E-state index contributed by atoms with van der Waals surface area (Å²) in [4.78, 5) is 59.9. The zero-order chi connectivity index (χ0) is 26.8. The van der Waals surface area contributed by atoms with E-state index in [1.54, 1.807) is 30.3 Å². The van der Waals surface area contributed by atoms with Gasteiger partial charge in [-0.1, -0.05) is 30.3 Å². The third-order valence-electron chi connectivity index (χ3n) is 5.10. The van der Waals surface area contributed by atoms with Crippen LogP contribution in [-0.4, -0.2) is 74.1 Å². The second-order valence-corrected chi connectivity index (χ2v) is 8.01. The van der Waals surface area contributed by atoms with Crippen LogP contribution in [0.5, 0.6) is 0 Å². The topological polar surface area (TPSA) is 141 Å². The van der Waals surface area contributed by atoms with Crippen molar-refractivity contribution in [3.8, 4) is 0 Å². The largest absolute Gasteiger partial charge is 0.466 e. The van der Waals surface area contributed by atoms with Crippen molar-refractivity contribution >= 4 is 35.9 Å². The Balaban J connectivity index is 2.54. The summed E-state index contributed by atoms with van der Waals surface area (Å²) in [6, 6.07) is 8.94. The van der Waals surface area contributed by atoms with Crippen molar-refractivity contribution < 1.29 is 52.4 Å². The van der Waals surface area contributed by atoms with Crippen LogP contribution < -0.4 is 0 Å². The molecule has 0 aromatic heterocycles. The fraction of sp³-hybridized carbons (Fsp3) is 0.480. The molecule has 5 atom stereocenters. The molecule has 11 nitrogen and oxygen atoms in total. The minimum Gasteiger partial charge on any atom is -0.466 e. The van der Waals surface area contributed by atoms with Gasteiger partial charge in [0.15, 0.2) is 18.3 Å². The number of esters is 5. The molecule has 1 aliphatic rings. The highest BCUT2D eigenvalue weighted by Crippen LogP contribution is 2.32. The lowest BCUT2D eigenvalue weighted by atomic mass is 9.90. The van der Waals surface area contributed by atoms with E-state index in [-0.39, 0.29) is 18.6 Å². The monoisotopic (exact) mass is 506 g/mol. The summed E-state index contributed by atoms with van der Waals surface area (Å²) in [7, 11) is 1.22. The maximum atomic E-state index is 12.6. The van der Waals surface area contributed by atoms with Crippen LogP contribution in [0, 0.1) is 0 Å². The van der Waals surface area contributed by atoms with Gasteiger partial charge in [0.05, 0.1) is 7.11 Å². The Morgan fingerprint density at radius 1 is 0.778 bits per heavy atom. The van der Waals surface area contributed by atoms with E-state index in [0.717, 1.165) is 20.8 Å². The molecule has 1 saturated heterocycles. The standard InChI is InChI=1S/C25H30O11/c1-14(26)32-13-21-23(34-16(3)28)24(35-17(4)29)22(33-15(2)27)20(36-21)12-19(25(30)31-5)11-18-9-7-6-8-10-18/h6-11,20-24H,12-13H2,1-5H3/b19-11+/t20-,21-,22+,23+,24-/m1/s1.